The predicted molar refractivity (Wildman–Crippen MR) is 63.3 cm³/mol. The number of carbonyl (C=O) groups is 1. The number of nitrogens with one attached hydrogen (secondary N) is 1. The van der Waals surface area contributed by atoms with Gasteiger partial charge < -0.3 is 5.32 Å². The zero-order chi connectivity index (χ0) is 11.0. The van der Waals surface area contributed by atoms with E-state index in [2.05, 4.69) is 29.6 Å². The lowest BCUT2D eigenvalue weighted by Gasteiger charge is -2.13. The number of hydrogen-bond donors (Lipinski definition) is 1. The first kappa shape index (κ1) is 9.88. The molecule has 0 bridgehead atoms. The summed E-state index contributed by atoms with van der Waals surface area (Å²) in [5, 5.41) is 3.05. The van der Waals surface area contributed by atoms with E-state index in [0.717, 1.165) is 18.8 Å². The smallest absolute Gasteiger partial charge is 0.220 e. The summed E-state index contributed by atoms with van der Waals surface area (Å²) < 4.78 is 0. The Morgan fingerprint density at radius 3 is 2.69 bits per heavy atom. The molecule has 1 N–H and O–H groups in total. The van der Waals surface area contributed by atoms with Crippen LogP contribution in [0.1, 0.15) is 42.7 Å². The van der Waals surface area contributed by atoms with Crippen LogP contribution in [-0.4, -0.2) is 11.9 Å². The van der Waals surface area contributed by atoms with Crippen molar-refractivity contribution >= 4 is 5.91 Å². The average Bonchev–Trinajstić information content (AvgIpc) is 3.04. The van der Waals surface area contributed by atoms with Crippen molar-refractivity contribution in [2.24, 2.45) is 0 Å². The maximum atomic E-state index is 11.2. The Labute approximate surface area is 96.1 Å². The second kappa shape index (κ2) is 3.93. The molecule has 1 saturated heterocycles. The fraction of sp³-hybridized carbons (Fsp3) is 0.500. The van der Waals surface area contributed by atoms with Crippen LogP contribution in [0.25, 0.3) is 0 Å². The molecule has 2 fully saturated rings. The van der Waals surface area contributed by atoms with Crippen LogP contribution in [0.3, 0.4) is 0 Å². The van der Waals surface area contributed by atoms with Gasteiger partial charge in [-0.05, 0) is 42.7 Å². The van der Waals surface area contributed by atoms with Crippen molar-refractivity contribution in [1.29, 1.82) is 0 Å². The first-order valence-corrected chi connectivity index (χ1v) is 6.20. The molecule has 1 amide bonds. The van der Waals surface area contributed by atoms with Crippen molar-refractivity contribution in [2.45, 2.75) is 44.1 Å². The Balaban J connectivity index is 1.75. The summed E-state index contributed by atoms with van der Waals surface area (Å²) in [5.41, 5.74) is 2.96. The summed E-state index contributed by atoms with van der Waals surface area (Å²) in [7, 11) is 0. The lowest BCUT2D eigenvalue weighted by Crippen LogP contribution is -2.27. The summed E-state index contributed by atoms with van der Waals surface area (Å²) in [4.78, 5) is 11.2. The highest BCUT2D eigenvalue weighted by molar-refractivity contribution is 5.78. The number of amides is 1. The molecule has 1 aliphatic heterocycles. The van der Waals surface area contributed by atoms with Crippen molar-refractivity contribution in [3.8, 4) is 0 Å². The molecule has 1 aromatic rings. The average molecular weight is 215 g/mol. The van der Waals surface area contributed by atoms with Crippen molar-refractivity contribution in [2.75, 3.05) is 0 Å². The van der Waals surface area contributed by atoms with Gasteiger partial charge in [-0.2, -0.15) is 0 Å². The molecule has 84 valence electrons. The van der Waals surface area contributed by atoms with E-state index < -0.39 is 0 Å². The highest BCUT2D eigenvalue weighted by atomic mass is 16.1. The molecule has 1 aromatic carbocycles. The van der Waals surface area contributed by atoms with Gasteiger partial charge in [0.05, 0.1) is 0 Å². The lowest BCUT2D eigenvalue weighted by atomic mass is 9.97. The standard InChI is InChI=1S/C14H17NO/c16-14-8-7-12(15-14)9-11-3-1-2-4-13(11)10-5-6-10/h1-4,10,12H,5-9H2,(H,15,16). The van der Waals surface area contributed by atoms with Gasteiger partial charge in [-0.3, -0.25) is 4.79 Å². The van der Waals surface area contributed by atoms with Crippen molar-refractivity contribution < 1.29 is 4.79 Å². The van der Waals surface area contributed by atoms with Crippen molar-refractivity contribution in [3.63, 3.8) is 0 Å². The van der Waals surface area contributed by atoms with Gasteiger partial charge in [0.25, 0.3) is 0 Å². The highest BCUT2D eigenvalue weighted by Gasteiger charge is 2.27. The second-order valence-corrected chi connectivity index (χ2v) is 4.98. The van der Waals surface area contributed by atoms with Crippen LogP contribution < -0.4 is 5.32 Å². The molecule has 1 heterocycles. The van der Waals surface area contributed by atoms with Gasteiger partial charge in [-0.1, -0.05) is 24.3 Å². The Bertz CT molecular complexity index is 409. The third-order valence-corrected chi connectivity index (χ3v) is 3.62. The Morgan fingerprint density at radius 2 is 2.00 bits per heavy atom. The van der Waals surface area contributed by atoms with E-state index in [0.29, 0.717) is 12.5 Å². The third-order valence-electron chi connectivity index (χ3n) is 3.62. The van der Waals surface area contributed by atoms with Crippen LogP contribution >= 0.6 is 0 Å². The summed E-state index contributed by atoms with van der Waals surface area (Å²) in [6.45, 7) is 0. The molecule has 1 unspecified atom stereocenters. The van der Waals surface area contributed by atoms with E-state index in [1.54, 1.807) is 0 Å². The monoisotopic (exact) mass is 215 g/mol. The number of carbonyl (C=O) groups excluding carboxylic acids is 1. The summed E-state index contributed by atoms with van der Waals surface area (Å²) in [6.07, 6.45) is 5.40. The second-order valence-electron chi connectivity index (χ2n) is 4.98. The van der Waals surface area contributed by atoms with E-state index in [4.69, 9.17) is 0 Å². The van der Waals surface area contributed by atoms with Gasteiger partial charge in [-0.15, -0.1) is 0 Å². The first-order valence-electron chi connectivity index (χ1n) is 6.20. The Morgan fingerprint density at radius 1 is 1.19 bits per heavy atom. The van der Waals surface area contributed by atoms with E-state index in [-0.39, 0.29) is 5.91 Å². The van der Waals surface area contributed by atoms with Crippen LogP contribution in [0.2, 0.25) is 0 Å². The molecule has 2 heteroatoms. The fourth-order valence-electron chi connectivity index (χ4n) is 2.61. The van der Waals surface area contributed by atoms with Gasteiger partial charge >= 0.3 is 0 Å². The van der Waals surface area contributed by atoms with Crippen LogP contribution in [0, 0.1) is 0 Å². The summed E-state index contributed by atoms with van der Waals surface area (Å²) in [6, 6.07) is 9.08. The first-order chi connectivity index (χ1) is 7.83. The number of benzene rings is 1. The Kier molecular flexibility index (Phi) is 2.43. The molecule has 1 aliphatic carbocycles. The van der Waals surface area contributed by atoms with Gasteiger partial charge in [-0.25, -0.2) is 0 Å². The minimum absolute atomic E-state index is 0.217. The minimum Gasteiger partial charge on any atom is -0.353 e. The lowest BCUT2D eigenvalue weighted by molar-refractivity contribution is -0.119. The summed E-state index contributed by atoms with van der Waals surface area (Å²) in [5.74, 6) is 1.02. The molecule has 3 rings (SSSR count). The topological polar surface area (TPSA) is 29.1 Å². The van der Waals surface area contributed by atoms with E-state index >= 15 is 0 Å². The quantitative estimate of drug-likeness (QED) is 0.824. The van der Waals surface area contributed by atoms with Gasteiger partial charge in [0.1, 0.15) is 0 Å². The predicted octanol–water partition coefficient (Wildman–Crippen LogP) is 2.39. The van der Waals surface area contributed by atoms with Crippen molar-refractivity contribution in [3.05, 3.63) is 35.4 Å². The molecule has 1 atom stereocenters. The molecule has 2 aliphatic rings. The third kappa shape index (κ3) is 1.97. The molecule has 0 spiro atoms. The van der Waals surface area contributed by atoms with E-state index in [1.165, 1.54) is 24.0 Å². The maximum absolute atomic E-state index is 11.2. The summed E-state index contributed by atoms with van der Waals surface area (Å²) >= 11 is 0. The largest absolute Gasteiger partial charge is 0.353 e. The van der Waals surface area contributed by atoms with Gasteiger partial charge in [0.2, 0.25) is 5.91 Å². The van der Waals surface area contributed by atoms with Crippen LogP contribution in [0.5, 0.6) is 0 Å². The molecule has 16 heavy (non-hydrogen) atoms. The van der Waals surface area contributed by atoms with E-state index in [1.807, 2.05) is 0 Å². The zero-order valence-corrected chi connectivity index (χ0v) is 9.41. The number of rotatable bonds is 3. The molecular formula is C14H17NO. The normalized spacial score (nSPS) is 24.5. The van der Waals surface area contributed by atoms with Gasteiger partial charge in [0.15, 0.2) is 0 Å². The number of hydrogen-bond acceptors (Lipinski definition) is 1. The van der Waals surface area contributed by atoms with Crippen molar-refractivity contribution in [1.82, 2.24) is 5.32 Å². The van der Waals surface area contributed by atoms with Crippen LogP contribution in [0.4, 0.5) is 0 Å². The Hall–Kier alpha value is -1.31. The van der Waals surface area contributed by atoms with Crippen LogP contribution in [-0.2, 0) is 11.2 Å². The van der Waals surface area contributed by atoms with E-state index in [9.17, 15) is 4.79 Å². The fourth-order valence-corrected chi connectivity index (χ4v) is 2.61. The molecule has 0 radical (unpaired) electrons. The molecule has 0 aromatic heterocycles. The highest BCUT2D eigenvalue weighted by Crippen LogP contribution is 2.41. The maximum Gasteiger partial charge on any atom is 0.220 e. The SMILES string of the molecule is O=C1CCC(Cc2ccccc2C2CC2)N1. The minimum atomic E-state index is 0.217. The van der Waals surface area contributed by atoms with Gasteiger partial charge in [0, 0.05) is 12.5 Å². The molecular weight excluding hydrogens is 198 g/mol. The molecule has 1 saturated carbocycles. The molecule has 2 nitrogen and oxygen atoms in total. The van der Waals surface area contributed by atoms with Crippen LogP contribution in [0.15, 0.2) is 24.3 Å². The zero-order valence-electron chi connectivity index (χ0n) is 9.41.